The largest absolute Gasteiger partial charge is 0.370 e. The highest BCUT2D eigenvalue weighted by Crippen LogP contribution is 2.21. The van der Waals surface area contributed by atoms with Crippen LogP contribution in [0.1, 0.15) is 31.2 Å². The molecule has 0 aliphatic rings. The van der Waals surface area contributed by atoms with E-state index in [-0.39, 0.29) is 10.9 Å². The van der Waals surface area contributed by atoms with Crippen LogP contribution in [0.5, 0.6) is 0 Å². The van der Waals surface area contributed by atoms with Crippen LogP contribution in [0.15, 0.2) is 40.7 Å². The minimum absolute atomic E-state index is 0.174. The highest BCUT2D eigenvalue weighted by molar-refractivity contribution is 7.89. The molecule has 2 heterocycles. The van der Waals surface area contributed by atoms with Crippen molar-refractivity contribution in [1.82, 2.24) is 9.71 Å². The van der Waals surface area contributed by atoms with Crippen molar-refractivity contribution in [2.24, 2.45) is 0 Å². The first-order valence-corrected chi connectivity index (χ1v) is 9.15. The van der Waals surface area contributed by atoms with Crippen LogP contribution in [0, 0.1) is 0 Å². The van der Waals surface area contributed by atoms with Crippen molar-refractivity contribution < 1.29 is 8.42 Å². The molecule has 0 saturated carbocycles. The van der Waals surface area contributed by atoms with E-state index in [2.05, 4.69) is 21.9 Å². The average Bonchev–Trinajstić information content (AvgIpc) is 2.99. The summed E-state index contributed by atoms with van der Waals surface area (Å²) >= 11 is 1.53. The van der Waals surface area contributed by atoms with E-state index in [1.165, 1.54) is 17.5 Å². The maximum absolute atomic E-state index is 12.3. The SMILES string of the molecule is CCCNc1ccc(S(=O)(=O)NC(C)c2cccs2)cn1. The second-order valence-electron chi connectivity index (χ2n) is 4.66. The van der Waals surface area contributed by atoms with Gasteiger partial charge in [-0.1, -0.05) is 13.0 Å². The van der Waals surface area contributed by atoms with Gasteiger partial charge in [-0.2, -0.15) is 0 Å². The van der Waals surface area contributed by atoms with Gasteiger partial charge in [0.1, 0.15) is 10.7 Å². The minimum atomic E-state index is -3.56. The highest BCUT2D eigenvalue weighted by atomic mass is 32.2. The number of sulfonamides is 1. The number of rotatable bonds is 7. The number of thiophene rings is 1. The predicted molar refractivity (Wildman–Crippen MR) is 86.1 cm³/mol. The molecule has 0 spiro atoms. The Balaban J connectivity index is 2.08. The van der Waals surface area contributed by atoms with Gasteiger partial charge in [-0.3, -0.25) is 0 Å². The van der Waals surface area contributed by atoms with Crippen LogP contribution >= 0.6 is 11.3 Å². The molecule has 5 nitrogen and oxygen atoms in total. The topological polar surface area (TPSA) is 71.1 Å². The molecule has 0 aliphatic carbocycles. The predicted octanol–water partition coefficient (Wildman–Crippen LogP) is 3.00. The quantitative estimate of drug-likeness (QED) is 0.821. The maximum atomic E-state index is 12.3. The fourth-order valence-electron chi connectivity index (χ4n) is 1.79. The van der Waals surface area contributed by atoms with Crippen molar-refractivity contribution in [2.75, 3.05) is 11.9 Å². The summed E-state index contributed by atoms with van der Waals surface area (Å²) in [4.78, 5) is 5.28. The second-order valence-corrected chi connectivity index (χ2v) is 7.36. The Labute approximate surface area is 129 Å². The number of nitrogens with zero attached hydrogens (tertiary/aromatic N) is 1. The maximum Gasteiger partial charge on any atom is 0.242 e. The summed E-state index contributed by atoms with van der Waals surface area (Å²) in [6, 6.07) is 6.80. The van der Waals surface area contributed by atoms with E-state index in [0.717, 1.165) is 17.8 Å². The summed E-state index contributed by atoms with van der Waals surface area (Å²) < 4.78 is 27.3. The van der Waals surface area contributed by atoms with Gasteiger partial charge in [-0.05, 0) is 36.9 Å². The van der Waals surface area contributed by atoms with Crippen LogP contribution in [0.2, 0.25) is 0 Å². The van der Waals surface area contributed by atoms with E-state index in [1.807, 2.05) is 24.4 Å². The molecule has 2 aromatic rings. The fraction of sp³-hybridized carbons (Fsp3) is 0.357. The third-order valence-corrected chi connectivity index (χ3v) is 5.49. The fourth-order valence-corrected chi connectivity index (χ4v) is 3.77. The van der Waals surface area contributed by atoms with Gasteiger partial charge in [-0.25, -0.2) is 18.1 Å². The van der Waals surface area contributed by atoms with E-state index in [1.54, 1.807) is 12.1 Å². The van der Waals surface area contributed by atoms with Crippen LogP contribution in [0.4, 0.5) is 5.82 Å². The Morgan fingerprint density at radius 1 is 1.33 bits per heavy atom. The zero-order valence-corrected chi connectivity index (χ0v) is 13.7. The average molecular weight is 325 g/mol. The summed E-state index contributed by atoms with van der Waals surface area (Å²) in [5, 5.41) is 5.04. The smallest absolute Gasteiger partial charge is 0.242 e. The van der Waals surface area contributed by atoms with Gasteiger partial charge in [-0.15, -0.1) is 11.3 Å². The molecule has 7 heteroatoms. The summed E-state index contributed by atoms with van der Waals surface area (Å²) in [7, 11) is -3.56. The molecule has 21 heavy (non-hydrogen) atoms. The molecule has 0 fully saturated rings. The molecular weight excluding hydrogens is 306 g/mol. The third-order valence-electron chi connectivity index (χ3n) is 2.90. The van der Waals surface area contributed by atoms with E-state index in [0.29, 0.717) is 5.82 Å². The van der Waals surface area contributed by atoms with Gasteiger partial charge in [0, 0.05) is 17.6 Å². The standard InChI is InChI=1S/C14H19N3O2S2/c1-3-8-15-14-7-6-12(10-16-14)21(18,19)17-11(2)13-5-4-9-20-13/h4-7,9-11,17H,3,8H2,1-2H3,(H,15,16). The third kappa shape index (κ3) is 4.26. The summed E-state index contributed by atoms with van der Waals surface area (Å²) in [5.41, 5.74) is 0. The lowest BCUT2D eigenvalue weighted by Crippen LogP contribution is -2.26. The van der Waals surface area contributed by atoms with Gasteiger partial charge >= 0.3 is 0 Å². The van der Waals surface area contributed by atoms with E-state index >= 15 is 0 Å². The number of hydrogen-bond acceptors (Lipinski definition) is 5. The van der Waals surface area contributed by atoms with E-state index in [4.69, 9.17) is 0 Å². The zero-order chi connectivity index (χ0) is 15.3. The molecule has 2 N–H and O–H groups in total. The van der Waals surface area contributed by atoms with Gasteiger partial charge in [0.25, 0.3) is 0 Å². The van der Waals surface area contributed by atoms with E-state index in [9.17, 15) is 8.42 Å². The molecule has 1 unspecified atom stereocenters. The molecule has 0 amide bonds. The van der Waals surface area contributed by atoms with Crippen molar-refractivity contribution in [2.45, 2.75) is 31.2 Å². The lowest BCUT2D eigenvalue weighted by atomic mass is 10.3. The summed E-state index contributed by atoms with van der Waals surface area (Å²) in [6.45, 7) is 4.70. The number of anilines is 1. The van der Waals surface area contributed by atoms with Gasteiger partial charge in [0.05, 0.1) is 6.04 Å². The summed E-state index contributed by atoms with van der Waals surface area (Å²) in [5.74, 6) is 0.683. The van der Waals surface area contributed by atoms with Crippen molar-refractivity contribution in [3.05, 3.63) is 40.7 Å². The first kappa shape index (κ1) is 15.9. The Hall–Kier alpha value is -1.44. The molecule has 0 saturated heterocycles. The number of nitrogens with one attached hydrogen (secondary N) is 2. The Bertz CT molecular complexity index is 652. The van der Waals surface area contributed by atoms with Crippen molar-refractivity contribution in [3.8, 4) is 0 Å². The Morgan fingerprint density at radius 3 is 2.71 bits per heavy atom. The van der Waals surface area contributed by atoms with Crippen LogP contribution in [0.25, 0.3) is 0 Å². The molecule has 2 rings (SSSR count). The van der Waals surface area contributed by atoms with Crippen LogP contribution in [-0.2, 0) is 10.0 Å². The number of pyridine rings is 1. The molecule has 0 bridgehead atoms. The van der Waals surface area contributed by atoms with Crippen molar-refractivity contribution >= 4 is 27.2 Å². The van der Waals surface area contributed by atoms with Gasteiger partial charge in [0.2, 0.25) is 10.0 Å². The van der Waals surface area contributed by atoms with Gasteiger partial charge < -0.3 is 5.32 Å². The molecule has 0 aromatic carbocycles. The van der Waals surface area contributed by atoms with Crippen LogP contribution < -0.4 is 10.0 Å². The van der Waals surface area contributed by atoms with E-state index < -0.39 is 10.0 Å². The monoisotopic (exact) mass is 325 g/mol. The van der Waals surface area contributed by atoms with Crippen LogP contribution in [-0.4, -0.2) is 19.9 Å². The zero-order valence-electron chi connectivity index (χ0n) is 12.0. The lowest BCUT2D eigenvalue weighted by Gasteiger charge is -2.13. The Morgan fingerprint density at radius 2 is 2.14 bits per heavy atom. The first-order chi connectivity index (χ1) is 10.0. The molecule has 114 valence electrons. The van der Waals surface area contributed by atoms with Crippen molar-refractivity contribution in [3.63, 3.8) is 0 Å². The molecule has 1 atom stereocenters. The molecular formula is C14H19N3O2S2. The highest BCUT2D eigenvalue weighted by Gasteiger charge is 2.19. The second kappa shape index (κ2) is 7.02. The molecule has 2 aromatic heterocycles. The summed E-state index contributed by atoms with van der Waals surface area (Å²) in [6.07, 6.45) is 2.36. The normalized spacial score (nSPS) is 13.0. The molecule has 0 radical (unpaired) electrons. The number of aromatic nitrogens is 1. The van der Waals surface area contributed by atoms with Crippen LogP contribution in [0.3, 0.4) is 0 Å². The molecule has 0 aliphatic heterocycles. The Kier molecular flexibility index (Phi) is 5.33. The van der Waals surface area contributed by atoms with Crippen molar-refractivity contribution in [1.29, 1.82) is 0 Å². The van der Waals surface area contributed by atoms with Gasteiger partial charge in [0.15, 0.2) is 0 Å². The minimum Gasteiger partial charge on any atom is -0.370 e. The lowest BCUT2D eigenvalue weighted by molar-refractivity contribution is 0.568. The number of hydrogen-bond donors (Lipinski definition) is 2. The first-order valence-electron chi connectivity index (χ1n) is 6.78.